The molecule has 0 unspecified atom stereocenters. The van der Waals surface area contributed by atoms with Gasteiger partial charge in [0.2, 0.25) is 0 Å². The van der Waals surface area contributed by atoms with E-state index in [1.54, 1.807) is 0 Å². The summed E-state index contributed by atoms with van der Waals surface area (Å²) in [5.74, 6) is 0. The van der Waals surface area contributed by atoms with Crippen molar-refractivity contribution in [3.63, 3.8) is 0 Å². The zero-order valence-corrected chi connectivity index (χ0v) is 10.2. The Bertz CT molecular complexity index is 156. The zero-order chi connectivity index (χ0) is 11.0. The van der Waals surface area contributed by atoms with Crippen molar-refractivity contribution in [2.45, 2.75) is 44.6 Å². The molecular weight excluding hydrogens is 190 g/mol. The highest BCUT2D eigenvalue weighted by atomic mass is 16.5. The van der Waals surface area contributed by atoms with Crippen molar-refractivity contribution in [1.29, 1.82) is 0 Å². The van der Waals surface area contributed by atoms with Crippen LogP contribution in [0, 0.1) is 0 Å². The third-order valence-corrected chi connectivity index (χ3v) is 3.00. The first-order chi connectivity index (χ1) is 7.33. The SMILES string of the molecule is CCCOCCOC1(CNC)CCCC1. The standard InChI is InChI=1S/C12H25NO2/c1-3-8-14-9-10-15-12(11-13-2)6-4-5-7-12/h13H,3-11H2,1-2H3. The summed E-state index contributed by atoms with van der Waals surface area (Å²) >= 11 is 0. The van der Waals surface area contributed by atoms with Gasteiger partial charge in [-0.1, -0.05) is 19.8 Å². The number of ether oxygens (including phenoxy) is 2. The summed E-state index contributed by atoms with van der Waals surface area (Å²) in [5.41, 5.74) is 0.102. The monoisotopic (exact) mass is 215 g/mol. The average molecular weight is 215 g/mol. The third kappa shape index (κ3) is 4.49. The Morgan fingerprint density at radius 3 is 2.47 bits per heavy atom. The molecule has 0 atom stereocenters. The van der Waals surface area contributed by atoms with Crippen LogP contribution in [0.3, 0.4) is 0 Å². The molecular formula is C12H25NO2. The lowest BCUT2D eigenvalue weighted by molar-refractivity contribution is -0.0616. The molecule has 1 rings (SSSR count). The molecule has 0 heterocycles. The van der Waals surface area contributed by atoms with Gasteiger partial charge in [0.05, 0.1) is 18.8 Å². The van der Waals surface area contributed by atoms with Gasteiger partial charge >= 0.3 is 0 Å². The largest absolute Gasteiger partial charge is 0.379 e. The number of likely N-dealkylation sites (N-methyl/N-ethyl adjacent to an activating group) is 1. The maximum absolute atomic E-state index is 5.99. The third-order valence-electron chi connectivity index (χ3n) is 3.00. The van der Waals surface area contributed by atoms with Crippen LogP contribution in [0.1, 0.15) is 39.0 Å². The van der Waals surface area contributed by atoms with Crippen LogP contribution < -0.4 is 5.32 Å². The molecule has 1 saturated carbocycles. The van der Waals surface area contributed by atoms with Crippen molar-refractivity contribution >= 4 is 0 Å². The summed E-state index contributed by atoms with van der Waals surface area (Å²) in [4.78, 5) is 0. The van der Waals surface area contributed by atoms with Gasteiger partial charge in [0.1, 0.15) is 0 Å². The van der Waals surface area contributed by atoms with Gasteiger partial charge in [0.15, 0.2) is 0 Å². The molecule has 1 fully saturated rings. The molecule has 90 valence electrons. The molecule has 0 aromatic rings. The molecule has 3 heteroatoms. The number of nitrogens with one attached hydrogen (secondary N) is 1. The fourth-order valence-electron chi connectivity index (χ4n) is 2.28. The molecule has 3 nitrogen and oxygen atoms in total. The van der Waals surface area contributed by atoms with E-state index >= 15 is 0 Å². The highest BCUT2D eigenvalue weighted by Crippen LogP contribution is 2.32. The van der Waals surface area contributed by atoms with Crippen LogP contribution in [0.5, 0.6) is 0 Å². The van der Waals surface area contributed by atoms with E-state index in [1.165, 1.54) is 25.7 Å². The van der Waals surface area contributed by atoms with Crippen LogP contribution in [0.25, 0.3) is 0 Å². The van der Waals surface area contributed by atoms with Crippen LogP contribution >= 0.6 is 0 Å². The minimum Gasteiger partial charge on any atom is -0.379 e. The van der Waals surface area contributed by atoms with E-state index in [2.05, 4.69) is 12.2 Å². The lowest BCUT2D eigenvalue weighted by atomic mass is 10.0. The summed E-state index contributed by atoms with van der Waals surface area (Å²) in [5, 5.41) is 3.24. The predicted octanol–water partition coefficient (Wildman–Crippen LogP) is 1.96. The highest BCUT2D eigenvalue weighted by Gasteiger charge is 2.33. The topological polar surface area (TPSA) is 30.5 Å². The molecule has 1 N–H and O–H groups in total. The second-order valence-electron chi connectivity index (χ2n) is 4.38. The first kappa shape index (κ1) is 12.9. The number of hydrogen-bond donors (Lipinski definition) is 1. The molecule has 0 aromatic heterocycles. The van der Waals surface area contributed by atoms with Gasteiger partial charge in [-0.25, -0.2) is 0 Å². The molecule has 0 radical (unpaired) electrons. The van der Waals surface area contributed by atoms with Crippen LogP contribution in [-0.2, 0) is 9.47 Å². The summed E-state index contributed by atoms with van der Waals surface area (Å²) in [6, 6.07) is 0. The van der Waals surface area contributed by atoms with Gasteiger partial charge in [0.25, 0.3) is 0 Å². The Morgan fingerprint density at radius 1 is 1.13 bits per heavy atom. The Balaban J connectivity index is 2.14. The van der Waals surface area contributed by atoms with Crippen molar-refractivity contribution in [3.05, 3.63) is 0 Å². The van der Waals surface area contributed by atoms with E-state index in [4.69, 9.17) is 9.47 Å². The summed E-state index contributed by atoms with van der Waals surface area (Å²) in [6.07, 6.45) is 6.08. The lowest BCUT2D eigenvalue weighted by Crippen LogP contribution is -2.40. The van der Waals surface area contributed by atoms with E-state index < -0.39 is 0 Å². The van der Waals surface area contributed by atoms with Crippen molar-refractivity contribution in [2.75, 3.05) is 33.4 Å². The second-order valence-corrected chi connectivity index (χ2v) is 4.38. The molecule has 1 aliphatic rings. The summed E-state index contributed by atoms with van der Waals surface area (Å²) in [6.45, 7) is 5.42. The van der Waals surface area contributed by atoms with Gasteiger partial charge in [-0.15, -0.1) is 0 Å². The van der Waals surface area contributed by atoms with E-state index in [9.17, 15) is 0 Å². The van der Waals surface area contributed by atoms with Gasteiger partial charge < -0.3 is 14.8 Å². The van der Waals surface area contributed by atoms with E-state index in [0.717, 1.165) is 32.8 Å². The Morgan fingerprint density at radius 2 is 1.87 bits per heavy atom. The molecule has 1 aliphatic carbocycles. The highest BCUT2D eigenvalue weighted by molar-refractivity contribution is 4.88. The molecule has 15 heavy (non-hydrogen) atoms. The normalized spacial score (nSPS) is 19.6. The fourth-order valence-corrected chi connectivity index (χ4v) is 2.28. The van der Waals surface area contributed by atoms with Crippen LogP contribution in [0.15, 0.2) is 0 Å². The molecule has 0 amide bonds. The zero-order valence-electron chi connectivity index (χ0n) is 10.2. The molecule has 0 spiro atoms. The minimum atomic E-state index is 0.102. The summed E-state index contributed by atoms with van der Waals surface area (Å²) < 4.78 is 11.4. The lowest BCUT2D eigenvalue weighted by Gasteiger charge is -2.29. The van der Waals surface area contributed by atoms with Gasteiger partial charge in [-0.05, 0) is 26.3 Å². The minimum absolute atomic E-state index is 0.102. The summed E-state index contributed by atoms with van der Waals surface area (Å²) in [7, 11) is 2.00. The maximum atomic E-state index is 5.99. The Hall–Kier alpha value is -0.120. The van der Waals surface area contributed by atoms with E-state index in [0.29, 0.717) is 0 Å². The van der Waals surface area contributed by atoms with E-state index in [1.807, 2.05) is 7.05 Å². The van der Waals surface area contributed by atoms with Gasteiger partial charge in [-0.2, -0.15) is 0 Å². The Labute approximate surface area is 93.5 Å². The Kier molecular flexibility index (Phi) is 6.22. The van der Waals surface area contributed by atoms with Crippen molar-refractivity contribution in [1.82, 2.24) is 5.32 Å². The first-order valence-electron chi connectivity index (χ1n) is 6.19. The number of rotatable bonds is 8. The van der Waals surface area contributed by atoms with Gasteiger partial charge in [0, 0.05) is 13.2 Å². The molecule has 0 aliphatic heterocycles. The smallest absolute Gasteiger partial charge is 0.0807 e. The molecule has 0 bridgehead atoms. The quantitative estimate of drug-likeness (QED) is 0.628. The van der Waals surface area contributed by atoms with Gasteiger partial charge in [-0.3, -0.25) is 0 Å². The second kappa shape index (κ2) is 7.20. The first-order valence-corrected chi connectivity index (χ1v) is 6.19. The van der Waals surface area contributed by atoms with Crippen LogP contribution in [0.4, 0.5) is 0 Å². The fraction of sp³-hybridized carbons (Fsp3) is 1.00. The molecule has 0 aromatic carbocycles. The number of hydrogen-bond acceptors (Lipinski definition) is 3. The molecule has 0 saturated heterocycles. The maximum Gasteiger partial charge on any atom is 0.0807 e. The van der Waals surface area contributed by atoms with E-state index in [-0.39, 0.29) is 5.60 Å². The van der Waals surface area contributed by atoms with Crippen LogP contribution in [-0.4, -0.2) is 39.0 Å². The van der Waals surface area contributed by atoms with Crippen molar-refractivity contribution < 1.29 is 9.47 Å². The average Bonchev–Trinajstić information content (AvgIpc) is 2.67. The van der Waals surface area contributed by atoms with Crippen molar-refractivity contribution in [3.8, 4) is 0 Å². The van der Waals surface area contributed by atoms with Crippen LogP contribution in [0.2, 0.25) is 0 Å². The van der Waals surface area contributed by atoms with Crippen molar-refractivity contribution in [2.24, 2.45) is 0 Å². The predicted molar refractivity (Wildman–Crippen MR) is 62.2 cm³/mol.